The van der Waals surface area contributed by atoms with E-state index in [-0.39, 0.29) is 13.0 Å². The van der Waals surface area contributed by atoms with E-state index in [1.807, 2.05) is 25.1 Å². The highest BCUT2D eigenvalue weighted by Gasteiger charge is 2.44. The number of halogens is 3. The second-order valence-electron chi connectivity index (χ2n) is 5.94. The molecule has 6 heteroatoms. The zero-order chi connectivity index (χ0) is 15.9. The number of piperidine rings is 1. The molecule has 2 heterocycles. The highest BCUT2D eigenvalue weighted by Crippen LogP contribution is 2.36. The molecule has 22 heavy (non-hydrogen) atoms. The maximum Gasteiger partial charge on any atom is 0.393 e. The molecule has 1 aliphatic heterocycles. The highest BCUT2D eigenvalue weighted by atomic mass is 19.4. The quantitative estimate of drug-likeness (QED) is 0.879. The molecule has 1 aliphatic rings. The lowest BCUT2D eigenvalue weighted by molar-refractivity contribution is -0.177. The van der Waals surface area contributed by atoms with Crippen molar-refractivity contribution in [2.24, 2.45) is 11.7 Å². The van der Waals surface area contributed by atoms with Gasteiger partial charge in [-0.3, -0.25) is 4.98 Å². The smallest absolute Gasteiger partial charge is 0.369 e. The molecule has 1 saturated heterocycles. The number of rotatable bonds is 1. The lowest BCUT2D eigenvalue weighted by Crippen LogP contribution is -2.51. The molecule has 118 valence electrons. The standard InChI is InChI=1S/C16H18F3N3/c1-10-4-5-14(13-3-2-6-21-15(10)13)22-8-11(16(17,18)19)7-12(20)9-22/h2-6,11-12H,7-9,20H2,1H3/t11-,12+/m0/s1. The number of benzene rings is 1. The number of alkyl halides is 3. The lowest BCUT2D eigenvalue weighted by atomic mass is 9.93. The molecule has 0 aliphatic carbocycles. The SMILES string of the molecule is Cc1ccc(N2C[C@H](N)C[C@H](C(F)(F)F)C2)c2cccnc12. The summed E-state index contributed by atoms with van der Waals surface area (Å²) in [6, 6.07) is 6.98. The van der Waals surface area contributed by atoms with E-state index in [1.54, 1.807) is 17.2 Å². The Morgan fingerprint density at radius 2 is 2.00 bits per heavy atom. The van der Waals surface area contributed by atoms with Crippen molar-refractivity contribution in [3.05, 3.63) is 36.0 Å². The Morgan fingerprint density at radius 3 is 2.73 bits per heavy atom. The molecule has 2 atom stereocenters. The van der Waals surface area contributed by atoms with Crippen molar-refractivity contribution in [1.82, 2.24) is 4.98 Å². The minimum Gasteiger partial charge on any atom is -0.369 e. The average molecular weight is 309 g/mol. The van der Waals surface area contributed by atoms with Crippen LogP contribution in [-0.4, -0.2) is 30.3 Å². The zero-order valence-corrected chi connectivity index (χ0v) is 12.3. The molecule has 3 nitrogen and oxygen atoms in total. The molecule has 1 aromatic heterocycles. The fraction of sp³-hybridized carbons (Fsp3) is 0.438. The molecule has 0 spiro atoms. The number of aryl methyl sites for hydroxylation is 1. The molecule has 0 saturated carbocycles. The minimum atomic E-state index is -4.21. The molecule has 0 unspecified atom stereocenters. The van der Waals surface area contributed by atoms with Gasteiger partial charge in [-0.2, -0.15) is 13.2 Å². The third-order valence-corrected chi connectivity index (χ3v) is 4.23. The number of aromatic nitrogens is 1. The third-order valence-electron chi connectivity index (χ3n) is 4.23. The van der Waals surface area contributed by atoms with Crippen molar-refractivity contribution in [3.63, 3.8) is 0 Å². The summed E-state index contributed by atoms with van der Waals surface area (Å²) in [6.07, 6.45) is -2.53. The van der Waals surface area contributed by atoms with Gasteiger partial charge in [-0.25, -0.2) is 0 Å². The second kappa shape index (κ2) is 5.43. The van der Waals surface area contributed by atoms with Crippen LogP contribution in [0.1, 0.15) is 12.0 Å². The molecule has 2 N–H and O–H groups in total. The summed E-state index contributed by atoms with van der Waals surface area (Å²) in [5.74, 6) is -1.38. The van der Waals surface area contributed by atoms with Gasteiger partial charge in [0.1, 0.15) is 0 Å². The van der Waals surface area contributed by atoms with E-state index in [0.717, 1.165) is 22.2 Å². The summed E-state index contributed by atoms with van der Waals surface area (Å²) in [4.78, 5) is 6.09. The maximum atomic E-state index is 13.1. The summed E-state index contributed by atoms with van der Waals surface area (Å²) in [5.41, 5.74) is 8.47. The summed E-state index contributed by atoms with van der Waals surface area (Å²) < 4.78 is 39.3. The summed E-state index contributed by atoms with van der Waals surface area (Å²) in [6.45, 7) is 2.32. The van der Waals surface area contributed by atoms with Gasteiger partial charge in [0.05, 0.1) is 11.4 Å². The van der Waals surface area contributed by atoms with Crippen LogP contribution in [0.5, 0.6) is 0 Å². The Hall–Kier alpha value is -1.82. The first-order valence-corrected chi connectivity index (χ1v) is 7.28. The van der Waals surface area contributed by atoms with Crippen molar-refractivity contribution in [3.8, 4) is 0 Å². The van der Waals surface area contributed by atoms with Crippen molar-refractivity contribution < 1.29 is 13.2 Å². The van der Waals surface area contributed by atoms with Crippen LogP contribution in [-0.2, 0) is 0 Å². The van der Waals surface area contributed by atoms with Gasteiger partial charge in [0.15, 0.2) is 0 Å². The Balaban J connectivity index is 2.02. The van der Waals surface area contributed by atoms with Gasteiger partial charge in [0.25, 0.3) is 0 Å². The van der Waals surface area contributed by atoms with Gasteiger partial charge in [-0.05, 0) is 37.1 Å². The molecular formula is C16H18F3N3. The number of pyridine rings is 1. The average Bonchev–Trinajstić information content (AvgIpc) is 2.46. The number of hydrogen-bond acceptors (Lipinski definition) is 3. The minimum absolute atomic E-state index is 0.0119. The van der Waals surface area contributed by atoms with E-state index < -0.39 is 18.1 Å². The third kappa shape index (κ3) is 2.75. The predicted octanol–water partition coefficient (Wildman–Crippen LogP) is 3.26. The van der Waals surface area contributed by atoms with E-state index >= 15 is 0 Å². The van der Waals surface area contributed by atoms with Crippen LogP contribution in [0.2, 0.25) is 0 Å². The number of nitrogens with two attached hydrogens (primary N) is 1. The Bertz CT molecular complexity index is 684. The van der Waals surface area contributed by atoms with E-state index in [4.69, 9.17) is 5.73 Å². The molecular weight excluding hydrogens is 291 g/mol. The van der Waals surface area contributed by atoms with Gasteiger partial charge >= 0.3 is 6.18 Å². The molecule has 1 fully saturated rings. The fourth-order valence-electron chi connectivity index (χ4n) is 3.15. The van der Waals surface area contributed by atoms with Crippen LogP contribution >= 0.6 is 0 Å². The first-order valence-electron chi connectivity index (χ1n) is 7.28. The predicted molar refractivity (Wildman–Crippen MR) is 80.8 cm³/mol. The van der Waals surface area contributed by atoms with Crippen molar-refractivity contribution in [1.29, 1.82) is 0 Å². The molecule has 1 aromatic carbocycles. The van der Waals surface area contributed by atoms with E-state index in [2.05, 4.69) is 4.98 Å². The van der Waals surface area contributed by atoms with Gasteiger partial charge in [-0.1, -0.05) is 6.07 Å². The number of anilines is 1. The van der Waals surface area contributed by atoms with Crippen LogP contribution in [0.25, 0.3) is 10.9 Å². The normalized spacial score (nSPS) is 23.0. The lowest BCUT2D eigenvalue weighted by Gasteiger charge is -2.39. The Morgan fingerprint density at radius 1 is 1.23 bits per heavy atom. The van der Waals surface area contributed by atoms with Crippen molar-refractivity contribution >= 4 is 16.6 Å². The monoisotopic (exact) mass is 309 g/mol. The first-order chi connectivity index (χ1) is 10.4. The fourth-order valence-corrected chi connectivity index (χ4v) is 3.15. The summed E-state index contributed by atoms with van der Waals surface area (Å²) in [5, 5.41) is 0.873. The summed E-state index contributed by atoms with van der Waals surface area (Å²) >= 11 is 0. The Labute approximate surface area is 126 Å². The maximum absolute atomic E-state index is 13.1. The molecule has 0 amide bonds. The molecule has 0 bridgehead atoms. The number of hydrogen-bond donors (Lipinski definition) is 1. The number of fused-ring (bicyclic) bond motifs is 1. The van der Waals surface area contributed by atoms with E-state index in [0.29, 0.717) is 6.54 Å². The highest BCUT2D eigenvalue weighted by molar-refractivity contribution is 5.93. The topological polar surface area (TPSA) is 42.1 Å². The number of nitrogens with zero attached hydrogens (tertiary/aromatic N) is 2. The molecule has 0 radical (unpaired) electrons. The van der Waals surface area contributed by atoms with Crippen molar-refractivity contribution in [2.75, 3.05) is 18.0 Å². The van der Waals surface area contributed by atoms with Crippen LogP contribution in [0.4, 0.5) is 18.9 Å². The van der Waals surface area contributed by atoms with Gasteiger partial charge < -0.3 is 10.6 Å². The largest absolute Gasteiger partial charge is 0.393 e. The van der Waals surface area contributed by atoms with Gasteiger partial charge in [0, 0.05) is 36.4 Å². The zero-order valence-electron chi connectivity index (χ0n) is 12.3. The summed E-state index contributed by atoms with van der Waals surface area (Å²) in [7, 11) is 0. The van der Waals surface area contributed by atoms with Crippen LogP contribution in [0.3, 0.4) is 0 Å². The van der Waals surface area contributed by atoms with Crippen LogP contribution in [0.15, 0.2) is 30.5 Å². The van der Waals surface area contributed by atoms with E-state index in [1.165, 1.54) is 0 Å². The van der Waals surface area contributed by atoms with Crippen LogP contribution < -0.4 is 10.6 Å². The van der Waals surface area contributed by atoms with E-state index in [9.17, 15) is 13.2 Å². The molecule has 2 aromatic rings. The van der Waals surface area contributed by atoms with Gasteiger partial charge in [-0.15, -0.1) is 0 Å². The first kappa shape index (κ1) is 15.1. The van der Waals surface area contributed by atoms with Crippen LogP contribution in [0, 0.1) is 12.8 Å². The Kier molecular flexibility index (Phi) is 3.72. The van der Waals surface area contributed by atoms with Gasteiger partial charge in [0.2, 0.25) is 0 Å². The molecule has 3 rings (SSSR count). The van der Waals surface area contributed by atoms with Crippen molar-refractivity contribution in [2.45, 2.75) is 25.6 Å². The second-order valence-corrected chi connectivity index (χ2v) is 5.94.